The fraction of sp³-hybridized carbons (Fsp3) is 0.250. The minimum Gasteiger partial charge on any atom is -0.510 e. The van der Waals surface area contributed by atoms with Gasteiger partial charge in [0, 0.05) is 52.5 Å². The largest absolute Gasteiger partial charge is 0.510 e. The fourth-order valence-corrected chi connectivity index (χ4v) is 14.2. The van der Waals surface area contributed by atoms with Gasteiger partial charge in [0.2, 0.25) is 0 Å². The van der Waals surface area contributed by atoms with Crippen LogP contribution in [0.4, 0.5) is 0 Å². The molecule has 0 radical (unpaired) electrons. The molecule has 0 fully saturated rings. The van der Waals surface area contributed by atoms with Crippen molar-refractivity contribution in [3.8, 4) is 95.5 Å². The van der Waals surface area contributed by atoms with Crippen molar-refractivity contribution in [2.75, 3.05) is 0 Å². The van der Waals surface area contributed by atoms with Crippen LogP contribution in [-0.2, 0) is 48.1 Å². The second-order valence-electron chi connectivity index (χ2n) is 30.0. The van der Waals surface area contributed by atoms with Crippen LogP contribution in [0.1, 0.15) is 157 Å². The summed E-state index contributed by atoms with van der Waals surface area (Å²) in [6.45, 7) is 23.3. The average Bonchev–Trinajstić information content (AvgIpc) is 1.61. The molecule has 15 rings (SSSR count). The molecule has 5 nitrogen and oxygen atoms in total. The number of imidazole rings is 1. The van der Waals surface area contributed by atoms with Crippen LogP contribution in [0, 0.1) is 32.2 Å². The van der Waals surface area contributed by atoms with E-state index < -0.39 is 42.7 Å². The topological polar surface area (TPSA) is 35.9 Å². The van der Waals surface area contributed by atoms with Crippen LogP contribution in [0.5, 0.6) is 11.5 Å². The average molecular weight is 1420 g/mol. The van der Waals surface area contributed by atoms with Gasteiger partial charge in [-0.1, -0.05) is 217 Å². The Bertz CT molecular complexity index is 5680. The number of para-hydroxylation sites is 1. The van der Waals surface area contributed by atoms with E-state index in [4.69, 9.17) is 13.8 Å². The molecule has 1 aliphatic carbocycles. The zero-order chi connectivity index (χ0) is 74.2. The maximum absolute atomic E-state index is 9.62. The number of nitrogens with zero attached hydrogens (tertiary/aromatic N) is 4. The number of benzene rings is 10. The van der Waals surface area contributed by atoms with Gasteiger partial charge < -0.3 is 13.9 Å². The van der Waals surface area contributed by atoms with Gasteiger partial charge in [0.1, 0.15) is 5.82 Å². The van der Waals surface area contributed by atoms with Crippen LogP contribution in [0.25, 0.3) is 117 Å². The Balaban J connectivity index is 0.00000928. The number of rotatable bonds is 7. The van der Waals surface area contributed by atoms with Crippen molar-refractivity contribution in [3.63, 3.8) is 0 Å². The van der Waals surface area contributed by atoms with Crippen LogP contribution in [0.3, 0.4) is 0 Å². The first-order valence-corrected chi connectivity index (χ1v) is 32.3. The predicted octanol–water partition coefficient (Wildman–Crippen LogP) is 22.8. The van der Waals surface area contributed by atoms with Gasteiger partial charge in [0.25, 0.3) is 6.33 Å². The number of fused-ring (bicyclic) bond motifs is 11. The first-order chi connectivity index (χ1) is 48.8. The van der Waals surface area contributed by atoms with E-state index in [9.17, 15) is 11.0 Å². The Hall–Kier alpha value is -8.89. The third-order valence-electron chi connectivity index (χ3n) is 19.6. The van der Waals surface area contributed by atoms with Crippen molar-refractivity contribution in [1.82, 2.24) is 14.1 Å². The summed E-state index contributed by atoms with van der Waals surface area (Å²) in [4.78, 5) is 4.92. The minimum absolute atomic E-state index is 0. The van der Waals surface area contributed by atoms with Crippen molar-refractivity contribution in [3.05, 3.63) is 258 Å². The van der Waals surface area contributed by atoms with E-state index in [0.717, 1.165) is 90.5 Å². The Kier molecular flexibility index (Phi) is 12.2. The molecule has 0 amide bonds. The fourth-order valence-electron chi connectivity index (χ4n) is 14.2. The van der Waals surface area contributed by atoms with Crippen LogP contribution in [0.15, 0.2) is 200 Å². The molecule has 10 aromatic carbocycles. The molecule has 6 heteroatoms. The zero-order valence-electron chi connectivity index (χ0n) is 66.6. The number of aromatic nitrogens is 4. The second-order valence-corrected chi connectivity index (χ2v) is 30.0. The molecule has 1 aliphatic heterocycles. The van der Waals surface area contributed by atoms with Gasteiger partial charge in [-0.3, -0.25) is 4.57 Å². The molecule has 472 valence electrons. The summed E-state index contributed by atoms with van der Waals surface area (Å²) < 4.78 is 114. The van der Waals surface area contributed by atoms with Crippen LogP contribution in [0.2, 0.25) is 0 Å². The maximum atomic E-state index is 9.62. The summed E-state index contributed by atoms with van der Waals surface area (Å²) in [5.41, 5.74) is 14.6. The Morgan fingerprint density at radius 1 is 0.511 bits per heavy atom. The molecule has 94 heavy (non-hydrogen) atoms. The van der Waals surface area contributed by atoms with Crippen LogP contribution in [-0.4, -0.2) is 14.1 Å². The van der Waals surface area contributed by atoms with Gasteiger partial charge in [0.05, 0.1) is 23.6 Å². The second kappa shape index (κ2) is 22.7. The molecular weight excluding hydrogens is 1320 g/mol. The molecule has 2 aliphatic rings. The smallest absolute Gasteiger partial charge is 0.268 e. The van der Waals surface area contributed by atoms with Gasteiger partial charge in [-0.05, 0) is 213 Å². The SMILES string of the molecule is [2H]c1c([2H])c([2H])c(-c2cc3c4c(c2)n(-c2[c-]c(Oc5[c-]c6c(cc5)c5ccccc5n6-c5cc(C(C)(C)C)ccn5)ccc2)[c-][n+]4-c2c(-c4cc(C(C)(C)C)cc(C(C)(C)C)c4)cc(-c4c(C([2H])([2H])[2H])cccc4C([2H])([2H])[2H])cc2-c2cc4c(cc2-c2ccccc2-3)C(C)(C)CCC4(C)C)c([2H])c1[2H].[Pt]. The molecule has 3 aromatic heterocycles. The quantitative estimate of drug-likeness (QED) is 0.118. The standard InChI is InChI=1S/C88H82N4O.Pt/c1-54-25-23-26-55(2)81(54)59-44-70(58-41-61(85(6,7)8)47-62(42-58)86(9,10)11)82-74(45-59)72-52-76-75(87(12,13)38-39-88(76,14)15)51-71(72)66-31-19-20-32-67(66)73-43-57(56-27-17-16-18-28-56)46-79-83(73)91(82)53-90(79)63-29-24-30-64(49-63)93-65-35-36-69-68-33-21-22-34-77(68)92(78(69)50-65)80-48-60(37-40-89-80)84(3,4)5;/h16-37,40-48,51-52H,38-39H2,1-15H3;/q-2;/i1D3,2D3,16D,17D,18D,27D,28D;. The Morgan fingerprint density at radius 3 is 1.79 bits per heavy atom. The predicted molar refractivity (Wildman–Crippen MR) is 387 cm³/mol. The van der Waals surface area contributed by atoms with Gasteiger partial charge in [-0.25, -0.2) is 4.98 Å². The normalized spacial score (nSPS) is 16.1. The summed E-state index contributed by atoms with van der Waals surface area (Å²) in [7, 11) is 0. The van der Waals surface area contributed by atoms with E-state index >= 15 is 0 Å². The first kappa shape index (κ1) is 50.6. The van der Waals surface area contributed by atoms with E-state index in [1.54, 1.807) is 0 Å². The molecular formula is C88H82N4OPt-2. The molecule has 4 heterocycles. The summed E-state index contributed by atoms with van der Waals surface area (Å²) in [6, 6.07) is 58.9. The number of hydrogen-bond donors (Lipinski definition) is 0. The molecule has 0 unspecified atom stereocenters. The number of aryl methyl sites for hydroxylation is 2. The van der Waals surface area contributed by atoms with Gasteiger partial charge in [0.15, 0.2) is 0 Å². The van der Waals surface area contributed by atoms with Gasteiger partial charge in [-0.15, -0.1) is 29.7 Å². The molecule has 0 saturated carbocycles. The third-order valence-corrected chi connectivity index (χ3v) is 19.6. The molecule has 13 aromatic rings. The van der Waals surface area contributed by atoms with Crippen molar-refractivity contribution in [2.24, 2.45) is 0 Å². The van der Waals surface area contributed by atoms with Crippen molar-refractivity contribution >= 4 is 32.8 Å². The van der Waals surface area contributed by atoms with Crippen molar-refractivity contribution in [2.45, 2.75) is 144 Å². The number of pyridine rings is 1. The Morgan fingerprint density at radius 2 is 1.12 bits per heavy atom. The summed E-state index contributed by atoms with van der Waals surface area (Å²) >= 11 is 0. The van der Waals surface area contributed by atoms with Crippen molar-refractivity contribution in [1.29, 1.82) is 0 Å². The first-order valence-electron chi connectivity index (χ1n) is 37.8. The summed E-state index contributed by atoms with van der Waals surface area (Å²) in [5, 5.41) is 2.00. The molecule has 0 saturated heterocycles. The summed E-state index contributed by atoms with van der Waals surface area (Å²) in [6.07, 6.45) is 7.60. The van der Waals surface area contributed by atoms with Crippen LogP contribution >= 0.6 is 0 Å². The van der Waals surface area contributed by atoms with E-state index in [-0.39, 0.29) is 71.6 Å². The van der Waals surface area contributed by atoms with Gasteiger partial charge in [-0.2, -0.15) is 18.2 Å². The summed E-state index contributed by atoms with van der Waals surface area (Å²) in [5.74, 6) is 1.50. The van der Waals surface area contributed by atoms with Crippen LogP contribution < -0.4 is 9.30 Å². The molecule has 0 spiro atoms. The number of hydrogen-bond acceptors (Lipinski definition) is 2. The molecule has 0 N–H and O–H groups in total. The van der Waals surface area contributed by atoms with E-state index in [0.29, 0.717) is 61.7 Å². The van der Waals surface area contributed by atoms with E-state index in [1.807, 2.05) is 89.6 Å². The zero-order valence-corrected chi connectivity index (χ0v) is 57.9. The molecule has 0 bridgehead atoms. The maximum Gasteiger partial charge on any atom is 0.268 e. The number of ether oxygens (including phenoxy) is 1. The molecule has 0 atom stereocenters. The van der Waals surface area contributed by atoms with Gasteiger partial charge >= 0.3 is 0 Å². The monoisotopic (exact) mass is 1420 g/mol. The van der Waals surface area contributed by atoms with Crippen molar-refractivity contribution < 1.29 is 45.4 Å². The van der Waals surface area contributed by atoms with E-state index in [1.165, 1.54) is 23.8 Å². The Labute approximate surface area is 585 Å². The third kappa shape index (κ3) is 10.7. The minimum atomic E-state index is -2.76. The van der Waals surface area contributed by atoms with E-state index in [2.05, 4.69) is 184 Å².